The quantitative estimate of drug-likeness (QED) is 0.0810. The summed E-state index contributed by atoms with van der Waals surface area (Å²) in [5.74, 6) is 1.74. The minimum Gasteiger partial charge on any atom is -0.201 e. The highest BCUT2D eigenvalue weighted by Crippen LogP contribution is 2.31. The van der Waals surface area contributed by atoms with Gasteiger partial charge in [-0.25, -0.2) is 22.8 Å². The van der Waals surface area contributed by atoms with E-state index in [0.717, 1.165) is 59.3 Å². The summed E-state index contributed by atoms with van der Waals surface area (Å²) >= 11 is 0. The molecular formula is C98H136N5+5. The first-order valence-corrected chi connectivity index (χ1v) is 37.9. The molecule has 0 radical (unpaired) electrons. The highest BCUT2D eigenvalue weighted by molar-refractivity contribution is 5.65. The molecule has 0 atom stereocenters. The Bertz CT molecular complexity index is 4710. The fraction of sp³-hybridized carbons (Fsp3) is 0.439. The van der Waals surface area contributed by atoms with E-state index in [0.29, 0.717) is 34.3 Å². The van der Waals surface area contributed by atoms with Crippen LogP contribution in [0, 0.1) is 95.8 Å². The molecule has 0 saturated carbocycles. The van der Waals surface area contributed by atoms with E-state index in [1.807, 2.05) is 134 Å². The zero-order valence-electron chi connectivity index (χ0n) is 75.3. The molecule has 0 unspecified atom stereocenters. The third-order valence-corrected chi connectivity index (χ3v) is 18.4. The summed E-state index contributed by atoms with van der Waals surface area (Å²) in [6.45, 7) is 50.8. The van der Waals surface area contributed by atoms with E-state index in [1.54, 1.807) is 6.20 Å². The zero-order chi connectivity index (χ0) is 81.7. The molecule has 0 fully saturated rings. The van der Waals surface area contributed by atoms with Gasteiger partial charge < -0.3 is 0 Å². The lowest BCUT2D eigenvalue weighted by atomic mass is 9.85. The van der Waals surface area contributed by atoms with E-state index in [2.05, 4.69) is 266 Å². The average molecular weight is 1390 g/mol. The summed E-state index contributed by atoms with van der Waals surface area (Å²) in [5, 5.41) is 0. The van der Waals surface area contributed by atoms with Crippen LogP contribution in [0.25, 0.3) is 56.3 Å². The van der Waals surface area contributed by atoms with E-state index in [1.165, 1.54) is 95.0 Å². The first kappa shape index (κ1) is 74.6. The summed E-state index contributed by atoms with van der Waals surface area (Å²) < 4.78 is 62.4. The molecule has 103 heavy (non-hydrogen) atoms. The number of hydrogen-bond donors (Lipinski definition) is 0. The molecule has 548 valence electrons. The number of aromatic nitrogens is 5. The van der Waals surface area contributed by atoms with Crippen LogP contribution in [0.4, 0.5) is 0 Å². The number of benzene rings is 5. The fourth-order valence-electron chi connectivity index (χ4n) is 13.5. The van der Waals surface area contributed by atoms with Crippen LogP contribution < -0.4 is 22.8 Å². The number of hydrogen-bond acceptors (Lipinski definition) is 0. The van der Waals surface area contributed by atoms with Gasteiger partial charge in [0.2, 0.25) is 28.5 Å². The SMILES string of the molecule is Cc1cc(-c2ccccc2C)[n+](C)cc1CC(C)C.Cc1ccc(-c2ccc(CC(C)(C)C)c[n+]2C)c(C)c1.Cc1ccccc1-c1cc(CC(C)C)c(CC(C)C)c[n+]1C.[2H]C([2H])(c1c[n+](C)c(-c2ccccc2C)cc1C)C(C)C.[2H]C([2H])(c1cc(-c2ccccc2C)[n+](C)cc1C([2H])([2H])C(C)(C)C)C(C)C. The lowest BCUT2D eigenvalue weighted by molar-refractivity contribution is -0.661. The number of aryl methyl sites for hydroxylation is 13. The number of pyridine rings is 5. The summed E-state index contributed by atoms with van der Waals surface area (Å²) in [4.78, 5) is 0. The minimum absolute atomic E-state index is 0.0551. The van der Waals surface area contributed by atoms with Crippen LogP contribution in [0.1, 0.15) is 202 Å². The van der Waals surface area contributed by atoms with Crippen LogP contribution in [-0.4, -0.2) is 0 Å². The Labute approximate surface area is 636 Å². The molecular weight excluding hydrogens is 1250 g/mol. The fourth-order valence-corrected chi connectivity index (χ4v) is 13.5. The monoisotopic (exact) mass is 1390 g/mol. The molecule has 5 aromatic carbocycles. The smallest absolute Gasteiger partial charge is 0.201 e. The Kier molecular flexibility index (Phi) is 27.5. The second-order valence-electron chi connectivity index (χ2n) is 33.4. The van der Waals surface area contributed by atoms with Crippen molar-refractivity contribution >= 4 is 0 Å². The Balaban J connectivity index is 0.000000214. The van der Waals surface area contributed by atoms with Crippen molar-refractivity contribution in [3.63, 3.8) is 0 Å². The van der Waals surface area contributed by atoms with Gasteiger partial charge in [-0.2, -0.15) is 0 Å². The lowest BCUT2D eigenvalue weighted by Gasteiger charge is -2.21. The van der Waals surface area contributed by atoms with Crippen molar-refractivity contribution in [2.24, 2.45) is 75.7 Å². The molecule has 0 amide bonds. The van der Waals surface area contributed by atoms with Crippen LogP contribution in [0.2, 0.25) is 0 Å². The van der Waals surface area contributed by atoms with E-state index in [-0.39, 0.29) is 11.8 Å². The van der Waals surface area contributed by atoms with Gasteiger partial charge >= 0.3 is 0 Å². The molecule has 10 aromatic rings. The van der Waals surface area contributed by atoms with E-state index in [9.17, 15) is 0 Å². The molecule has 0 aliphatic heterocycles. The third kappa shape index (κ3) is 25.6. The predicted octanol–water partition coefficient (Wildman–Crippen LogP) is 22.5. The van der Waals surface area contributed by atoms with E-state index >= 15 is 0 Å². The van der Waals surface area contributed by atoms with Crippen LogP contribution in [0.3, 0.4) is 0 Å². The van der Waals surface area contributed by atoms with Crippen molar-refractivity contribution < 1.29 is 31.1 Å². The van der Waals surface area contributed by atoms with Crippen molar-refractivity contribution in [2.45, 2.75) is 211 Å². The molecule has 5 heterocycles. The van der Waals surface area contributed by atoms with Gasteiger partial charge in [-0.1, -0.05) is 201 Å². The molecule has 0 N–H and O–H groups in total. The summed E-state index contributed by atoms with van der Waals surface area (Å²) in [6.07, 6.45) is 10.6. The Morgan fingerprint density at radius 3 is 1.02 bits per heavy atom. The van der Waals surface area contributed by atoms with E-state index in [4.69, 9.17) is 8.22 Å². The summed E-state index contributed by atoms with van der Waals surface area (Å²) in [7, 11) is 10.3. The van der Waals surface area contributed by atoms with Crippen molar-refractivity contribution in [3.05, 3.63) is 266 Å². The van der Waals surface area contributed by atoms with Crippen molar-refractivity contribution in [1.82, 2.24) is 0 Å². The Morgan fingerprint density at radius 1 is 0.291 bits per heavy atom. The molecule has 0 spiro atoms. The topological polar surface area (TPSA) is 19.4 Å². The molecule has 0 aliphatic carbocycles. The molecule has 5 heteroatoms. The Hall–Kier alpha value is -8.15. The molecule has 10 rings (SSSR count). The first-order valence-electron chi connectivity index (χ1n) is 40.9. The van der Waals surface area contributed by atoms with Crippen LogP contribution >= 0.6 is 0 Å². The maximum atomic E-state index is 8.78. The van der Waals surface area contributed by atoms with Gasteiger partial charge in [0, 0.05) is 94.2 Å². The lowest BCUT2D eigenvalue weighted by Crippen LogP contribution is -2.33. The molecule has 0 aliphatic rings. The Morgan fingerprint density at radius 2 is 0.631 bits per heavy atom. The normalized spacial score (nSPS) is 12.8. The van der Waals surface area contributed by atoms with Gasteiger partial charge in [-0.15, -0.1) is 0 Å². The van der Waals surface area contributed by atoms with Crippen LogP contribution in [-0.2, 0) is 80.0 Å². The van der Waals surface area contributed by atoms with Gasteiger partial charge in [0.1, 0.15) is 35.2 Å². The minimum atomic E-state index is -1.67. The molecule has 5 nitrogen and oxygen atoms in total. The third-order valence-electron chi connectivity index (χ3n) is 18.4. The highest BCUT2D eigenvalue weighted by atomic mass is 14.9. The molecule has 0 saturated heterocycles. The molecule has 0 bridgehead atoms. The predicted molar refractivity (Wildman–Crippen MR) is 442 cm³/mol. The maximum Gasteiger partial charge on any atom is 0.212 e. The van der Waals surface area contributed by atoms with Gasteiger partial charge in [-0.05, 0) is 227 Å². The maximum absolute atomic E-state index is 8.78. The van der Waals surface area contributed by atoms with E-state index < -0.39 is 24.5 Å². The van der Waals surface area contributed by atoms with Gasteiger partial charge in [0.15, 0.2) is 31.0 Å². The number of rotatable bonds is 17. The van der Waals surface area contributed by atoms with Crippen LogP contribution in [0.5, 0.6) is 0 Å². The van der Waals surface area contributed by atoms with Crippen molar-refractivity contribution in [3.8, 4) is 56.3 Å². The van der Waals surface area contributed by atoms with Crippen molar-refractivity contribution in [1.29, 1.82) is 0 Å². The standard InChI is InChI=1S/C22H32N.C21H30N.C19H26N.2C18H24N/c1-16(2)12-18-13-21(20-11-9-8-10-17(20)3)23(7)15-19(18)14-22(4,5)6;1-15(2)11-18-13-21(20-10-8-7-9-17(20)5)22(6)14-19(18)12-16(3)4;1-14-7-9-17(15(2)11-14)18-10-8-16(13-20(18)6)12-19(3,4)5;2*1-13(2)10-16-12-19(5)18(11-15(16)4)17-9-7-6-8-14(17)3/h8-11,13,15-16H,12,14H2,1-7H3;7-10,13-16H,11-12H2,1-6H3;7-11,13H,12H2,1-6H3;2*6-9,11-13H,10H2,1-5H3/q5*+1/i12D2,14D2;;;10D2;. The second-order valence-corrected chi connectivity index (χ2v) is 33.4. The summed E-state index contributed by atoms with van der Waals surface area (Å²) in [5.41, 5.74) is 29.3. The highest BCUT2D eigenvalue weighted by Gasteiger charge is 2.25. The van der Waals surface area contributed by atoms with Gasteiger partial charge in [0.05, 0.1) is 0 Å². The van der Waals surface area contributed by atoms with Crippen molar-refractivity contribution in [2.75, 3.05) is 0 Å². The van der Waals surface area contributed by atoms with Crippen LogP contribution in [0.15, 0.2) is 183 Å². The van der Waals surface area contributed by atoms with Gasteiger partial charge in [-0.3, -0.25) is 0 Å². The average Bonchev–Trinajstić information content (AvgIpc) is 0.743. The first-order chi connectivity index (χ1) is 50.6. The second kappa shape index (κ2) is 38.0. The largest absolute Gasteiger partial charge is 0.212 e. The molecule has 5 aromatic heterocycles. The number of nitrogens with zero attached hydrogens (tertiary/aromatic N) is 5. The summed E-state index contributed by atoms with van der Waals surface area (Å²) in [6, 6.07) is 53.4. The zero-order valence-corrected chi connectivity index (χ0v) is 69.3. The van der Waals surface area contributed by atoms with Gasteiger partial charge in [0.25, 0.3) is 0 Å².